The number of carbonyl (C=O) groups excluding carboxylic acids is 1. The van der Waals surface area contributed by atoms with Crippen LogP contribution in [0.2, 0.25) is 0 Å². The van der Waals surface area contributed by atoms with Gasteiger partial charge in [0.05, 0.1) is 18.6 Å². The SMILES string of the molecule is COc1cc(C)c(S(=O)(=O)N2CCCCC2CCCC(=O)N2CCn3c(ccc3-c3ccncc3)C2)c(C)c1. The van der Waals surface area contributed by atoms with Gasteiger partial charge in [-0.2, -0.15) is 4.31 Å². The Morgan fingerprint density at radius 1 is 1.03 bits per heavy atom. The summed E-state index contributed by atoms with van der Waals surface area (Å²) in [4.78, 5) is 19.6. The number of aryl methyl sites for hydroxylation is 2. The number of fused-ring (bicyclic) bond motifs is 1. The van der Waals surface area contributed by atoms with E-state index in [2.05, 4.69) is 21.7 Å². The summed E-state index contributed by atoms with van der Waals surface area (Å²) in [6.07, 6.45) is 8.09. The monoisotopic (exact) mass is 550 g/mol. The van der Waals surface area contributed by atoms with Crippen molar-refractivity contribution in [2.24, 2.45) is 0 Å². The van der Waals surface area contributed by atoms with Gasteiger partial charge in [0.1, 0.15) is 5.75 Å². The lowest BCUT2D eigenvalue weighted by molar-refractivity contribution is -0.132. The van der Waals surface area contributed by atoms with E-state index in [1.165, 1.54) is 0 Å². The van der Waals surface area contributed by atoms with Gasteiger partial charge in [0.25, 0.3) is 0 Å². The number of piperidine rings is 1. The van der Waals surface area contributed by atoms with Crippen LogP contribution in [0.4, 0.5) is 0 Å². The Kier molecular flexibility index (Phi) is 8.09. The lowest BCUT2D eigenvalue weighted by Gasteiger charge is -2.36. The highest BCUT2D eigenvalue weighted by Gasteiger charge is 2.35. The Morgan fingerprint density at radius 2 is 1.77 bits per heavy atom. The first-order chi connectivity index (χ1) is 18.8. The highest BCUT2D eigenvalue weighted by molar-refractivity contribution is 7.89. The second kappa shape index (κ2) is 11.5. The molecule has 208 valence electrons. The second-order valence-electron chi connectivity index (χ2n) is 10.7. The number of nitrogens with zero attached hydrogens (tertiary/aromatic N) is 4. The molecule has 1 amide bonds. The fourth-order valence-electron chi connectivity index (χ4n) is 6.17. The molecule has 1 fully saturated rings. The van der Waals surface area contributed by atoms with Crippen LogP contribution in [0.1, 0.15) is 55.3 Å². The quantitative estimate of drug-likeness (QED) is 0.397. The average molecular weight is 551 g/mol. The van der Waals surface area contributed by atoms with Gasteiger partial charge in [0.2, 0.25) is 15.9 Å². The molecular formula is C30H38N4O4S. The van der Waals surface area contributed by atoms with Crippen LogP contribution in [-0.4, -0.2) is 59.3 Å². The van der Waals surface area contributed by atoms with Crippen LogP contribution in [0.25, 0.3) is 11.3 Å². The van der Waals surface area contributed by atoms with Gasteiger partial charge >= 0.3 is 0 Å². The molecule has 1 saturated heterocycles. The van der Waals surface area contributed by atoms with Crippen LogP contribution in [0.3, 0.4) is 0 Å². The Hall–Kier alpha value is -3.17. The zero-order valence-electron chi connectivity index (χ0n) is 23.1. The summed E-state index contributed by atoms with van der Waals surface area (Å²) >= 11 is 0. The molecule has 3 aromatic rings. The molecule has 2 aromatic heterocycles. The van der Waals surface area contributed by atoms with Crippen molar-refractivity contribution in [1.29, 1.82) is 0 Å². The molecule has 0 spiro atoms. The molecule has 0 radical (unpaired) electrons. The number of pyridine rings is 1. The van der Waals surface area contributed by atoms with Crippen LogP contribution in [0, 0.1) is 13.8 Å². The van der Waals surface area contributed by atoms with E-state index >= 15 is 0 Å². The van der Waals surface area contributed by atoms with E-state index in [-0.39, 0.29) is 11.9 Å². The molecule has 0 bridgehead atoms. The van der Waals surface area contributed by atoms with E-state index in [1.807, 2.05) is 30.9 Å². The van der Waals surface area contributed by atoms with Gasteiger partial charge in [0, 0.05) is 61.4 Å². The highest BCUT2D eigenvalue weighted by atomic mass is 32.2. The van der Waals surface area contributed by atoms with Gasteiger partial charge in [0.15, 0.2) is 0 Å². The first-order valence-electron chi connectivity index (χ1n) is 13.8. The predicted octanol–water partition coefficient (Wildman–Crippen LogP) is 4.93. The lowest BCUT2D eigenvalue weighted by Crippen LogP contribution is -2.44. The van der Waals surface area contributed by atoms with Gasteiger partial charge in [-0.05, 0) is 87.1 Å². The maximum absolute atomic E-state index is 13.8. The fraction of sp³-hybridized carbons (Fsp3) is 0.467. The van der Waals surface area contributed by atoms with Crippen molar-refractivity contribution in [3.63, 3.8) is 0 Å². The molecule has 5 rings (SSSR count). The minimum absolute atomic E-state index is 0.0843. The lowest BCUT2D eigenvalue weighted by atomic mass is 9.99. The van der Waals surface area contributed by atoms with E-state index in [0.717, 1.165) is 42.8 Å². The van der Waals surface area contributed by atoms with Crippen molar-refractivity contribution in [2.75, 3.05) is 20.2 Å². The van der Waals surface area contributed by atoms with Gasteiger partial charge in [-0.15, -0.1) is 0 Å². The maximum atomic E-state index is 13.8. The van der Waals surface area contributed by atoms with E-state index in [4.69, 9.17) is 4.74 Å². The summed E-state index contributed by atoms with van der Waals surface area (Å²) < 4.78 is 36.9. The second-order valence-corrected chi connectivity index (χ2v) is 12.5. The molecule has 1 aromatic carbocycles. The van der Waals surface area contributed by atoms with Gasteiger partial charge in [-0.3, -0.25) is 9.78 Å². The number of rotatable bonds is 8. The Morgan fingerprint density at radius 3 is 2.49 bits per heavy atom. The number of hydrogen-bond donors (Lipinski definition) is 0. The zero-order valence-corrected chi connectivity index (χ0v) is 23.9. The summed E-state index contributed by atoms with van der Waals surface area (Å²) in [5, 5.41) is 0. The summed E-state index contributed by atoms with van der Waals surface area (Å²) in [5.41, 5.74) is 4.82. The molecule has 4 heterocycles. The van der Waals surface area contributed by atoms with Crippen LogP contribution < -0.4 is 4.74 Å². The Balaban J connectivity index is 1.21. The third-order valence-electron chi connectivity index (χ3n) is 8.08. The standard InChI is InChI=1S/C30H38N4O4S/c1-22-19-27(38-3)20-23(2)30(22)39(36,37)34-16-5-4-7-25(34)8-6-9-29(35)32-17-18-33-26(21-32)10-11-28(33)24-12-14-31-15-13-24/h10-15,19-20,25H,4-9,16-18,21H2,1-3H3. The summed E-state index contributed by atoms with van der Waals surface area (Å²) in [5.74, 6) is 0.802. The normalized spacial score (nSPS) is 18.1. The summed E-state index contributed by atoms with van der Waals surface area (Å²) in [6, 6.07) is 11.7. The number of aromatic nitrogens is 2. The smallest absolute Gasteiger partial charge is 0.243 e. The van der Waals surface area contributed by atoms with Crippen molar-refractivity contribution >= 4 is 15.9 Å². The first kappa shape index (κ1) is 27.4. The minimum Gasteiger partial charge on any atom is -0.497 e. The van der Waals surface area contributed by atoms with Crippen LogP contribution in [0.5, 0.6) is 5.75 Å². The third-order valence-corrected chi connectivity index (χ3v) is 10.3. The maximum Gasteiger partial charge on any atom is 0.243 e. The molecule has 2 aliphatic heterocycles. The number of carbonyl (C=O) groups is 1. The van der Waals surface area contributed by atoms with Gasteiger partial charge in [-0.1, -0.05) is 6.42 Å². The Labute approximate surface area is 231 Å². The number of sulfonamides is 1. The summed E-state index contributed by atoms with van der Waals surface area (Å²) in [7, 11) is -2.06. The number of ether oxygens (including phenoxy) is 1. The molecule has 39 heavy (non-hydrogen) atoms. The molecule has 0 N–H and O–H groups in total. The number of amides is 1. The van der Waals surface area contributed by atoms with E-state index in [0.29, 0.717) is 60.7 Å². The van der Waals surface area contributed by atoms with Gasteiger partial charge < -0.3 is 14.2 Å². The van der Waals surface area contributed by atoms with Crippen molar-refractivity contribution in [1.82, 2.24) is 18.8 Å². The van der Waals surface area contributed by atoms with E-state index < -0.39 is 10.0 Å². The van der Waals surface area contributed by atoms with E-state index in [1.54, 1.807) is 35.9 Å². The first-order valence-corrected chi connectivity index (χ1v) is 15.3. The van der Waals surface area contributed by atoms with Crippen LogP contribution >= 0.6 is 0 Å². The van der Waals surface area contributed by atoms with Crippen molar-refractivity contribution in [3.05, 3.63) is 65.6 Å². The predicted molar refractivity (Wildman–Crippen MR) is 151 cm³/mol. The van der Waals surface area contributed by atoms with Crippen molar-refractivity contribution in [2.45, 2.75) is 76.4 Å². The van der Waals surface area contributed by atoms with Crippen molar-refractivity contribution in [3.8, 4) is 17.0 Å². The fourth-order valence-corrected chi connectivity index (χ4v) is 8.31. The summed E-state index contributed by atoms with van der Waals surface area (Å²) in [6.45, 7) is 6.22. The van der Waals surface area contributed by atoms with Gasteiger partial charge in [-0.25, -0.2) is 8.42 Å². The van der Waals surface area contributed by atoms with Crippen LogP contribution in [0.15, 0.2) is 53.7 Å². The van der Waals surface area contributed by atoms with Crippen molar-refractivity contribution < 1.29 is 17.9 Å². The highest BCUT2D eigenvalue weighted by Crippen LogP contribution is 2.33. The average Bonchev–Trinajstić information content (AvgIpc) is 3.36. The molecule has 2 aliphatic rings. The largest absolute Gasteiger partial charge is 0.497 e. The van der Waals surface area contributed by atoms with E-state index in [9.17, 15) is 13.2 Å². The molecule has 1 unspecified atom stereocenters. The number of hydrogen-bond acceptors (Lipinski definition) is 5. The topological polar surface area (TPSA) is 84.7 Å². The molecule has 0 aliphatic carbocycles. The molecular weight excluding hydrogens is 512 g/mol. The molecule has 0 saturated carbocycles. The molecule has 8 nitrogen and oxygen atoms in total. The molecule has 9 heteroatoms. The number of methoxy groups -OCH3 is 1. The minimum atomic E-state index is -3.65. The Bertz CT molecular complexity index is 1410. The molecule has 1 atom stereocenters. The zero-order chi connectivity index (χ0) is 27.6. The third kappa shape index (κ3) is 5.61. The number of benzene rings is 1. The van der Waals surface area contributed by atoms with Crippen LogP contribution in [-0.2, 0) is 27.9 Å².